The van der Waals surface area contributed by atoms with Gasteiger partial charge >= 0.3 is 0 Å². The quantitative estimate of drug-likeness (QED) is 0.711. The number of hydrogen-bond donors (Lipinski definition) is 0. The summed E-state index contributed by atoms with van der Waals surface area (Å²) in [5.41, 5.74) is 0. The van der Waals surface area contributed by atoms with Crippen LogP contribution in [-0.2, 0) is 4.74 Å². The van der Waals surface area contributed by atoms with Crippen LogP contribution in [0.15, 0.2) is 0 Å². The fraction of sp³-hybridized carbons (Fsp3) is 0.917. The van der Waals surface area contributed by atoms with E-state index in [1.165, 1.54) is 25.7 Å². The van der Waals surface area contributed by atoms with E-state index in [4.69, 9.17) is 10.00 Å². The van der Waals surface area contributed by atoms with Crippen LogP contribution in [0.25, 0.3) is 0 Å². The van der Waals surface area contributed by atoms with Crippen LogP contribution in [0.2, 0.25) is 0 Å². The summed E-state index contributed by atoms with van der Waals surface area (Å²) in [7, 11) is 0. The predicted octanol–water partition coefficient (Wildman–Crippen LogP) is 1.93. The molecule has 2 saturated heterocycles. The van der Waals surface area contributed by atoms with Gasteiger partial charge in [0.15, 0.2) is 0 Å². The van der Waals surface area contributed by atoms with E-state index in [0.717, 1.165) is 32.5 Å². The molecule has 3 nitrogen and oxygen atoms in total. The van der Waals surface area contributed by atoms with Gasteiger partial charge in [-0.1, -0.05) is 0 Å². The van der Waals surface area contributed by atoms with Crippen LogP contribution in [0, 0.1) is 11.3 Å². The van der Waals surface area contributed by atoms with Crippen LogP contribution in [0.1, 0.15) is 38.5 Å². The van der Waals surface area contributed by atoms with Gasteiger partial charge in [-0.15, -0.1) is 0 Å². The fourth-order valence-electron chi connectivity index (χ4n) is 2.59. The SMILES string of the molecule is N#CC1CCCCN1CCC1CCCO1. The molecule has 0 aromatic rings. The average Bonchev–Trinajstić information content (AvgIpc) is 2.79. The largest absolute Gasteiger partial charge is 0.378 e. The maximum Gasteiger partial charge on any atom is 0.0977 e. The molecule has 2 heterocycles. The highest BCUT2D eigenvalue weighted by atomic mass is 16.5. The van der Waals surface area contributed by atoms with E-state index < -0.39 is 0 Å². The van der Waals surface area contributed by atoms with Crippen molar-refractivity contribution >= 4 is 0 Å². The third-order valence-corrected chi connectivity index (χ3v) is 3.52. The standard InChI is InChI=1S/C12H20N2O/c13-10-11-4-1-2-7-14(11)8-6-12-5-3-9-15-12/h11-12H,1-9H2. The van der Waals surface area contributed by atoms with E-state index in [9.17, 15) is 0 Å². The normalized spacial score (nSPS) is 32.7. The molecule has 2 rings (SSSR count). The lowest BCUT2D eigenvalue weighted by Gasteiger charge is -2.31. The predicted molar refractivity (Wildman–Crippen MR) is 58.4 cm³/mol. The molecule has 0 radical (unpaired) electrons. The molecule has 3 heteroatoms. The number of nitriles is 1. The van der Waals surface area contributed by atoms with Gasteiger partial charge in [0.05, 0.1) is 18.2 Å². The average molecular weight is 208 g/mol. The molecule has 2 unspecified atom stereocenters. The first kappa shape index (κ1) is 10.9. The topological polar surface area (TPSA) is 36.3 Å². The van der Waals surface area contributed by atoms with Gasteiger partial charge in [0, 0.05) is 13.2 Å². The van der Waals surface area contributed by atoms with Gasteiger partial charge in [-0.25, -0.2) is 0 Å². The Morgan fingerprint density at radius 3 is 2.93 bits per heavy atom. The lowest BCUT2D eigenvalue weighted by Crippen LogP contribution is -2.40. The van der Waals surface area contributed by atoms with Crippen LogP contribution >= 0.6 is 0 Å². The zero-order chi connectivity index (χ0) is 10.5. The Morgan fingerprint density at radius 2 is 2.20 bits per heavy atom. The van der Waals surface area contributed by atoms with Crippen molar-refractivity contribution in [3.8, 4) is 6.07 Å². The summed E-state index contributed by atoms with van der Waals surface area (Å²) in [6.07, 6.45) is 7.53. The van der Waals surface area contributed by atoms with Gasteiger partial charge in [-0.05, 0) is 45.1 Å². The number of piperidine rings is 1. The van der Waals surface area contributed by atoms with Gasteiger partial charge in [0.25, 0.3) is 0 Å². The maximum absolute atomic E-state index is 9.03. The summed E-state index contributed by atoms with van der Waals surface area (Å²) in [6.45, 7) is 3.08. The van der Waals surface area contributed by atoms with Crippen LogP contribution in [0.3, 0.4) is 0 Å². The number of hydrogen-bond acceptors (Lipinski definition) is 3. The molecule has 0 amide bonds. The minimum Gasteiger partial charge on any atom is -0.378 e. The minimum absolute atomic E-state index is 0.167. The Kier molecular flexibility index (Phi) is 3.99. The molecule has 0 aromatic heterocycles. The van der Waals surface area contributed by atoms with Gasteiger partial charge in [0.1, 0.15) is 0 Å². The number of ether oxygens (including phenoxy) is 1. The summed E-state index contributed by atoms with van der Waals surface area (Å²) < 4.78 is 5.60. The number of rotatable bonds is 3. The highest BCUT2D eigenvalue weighted by Crippen LogP contribution is 2.20. The van der Waals surface area contributed by atoms with Crippen molar-refractivity contribution in [3.05, 3.63) is 0 Å². The molecule has 2 aliphatic rings. The Balaban J connectivity index is 1.74. The second-order valence-electron chi connectivity index (χ2n) is 4.60. The van der Waals surface area contributed by atoms with Gasteiger partial charge in [0.2, 0.25) is 0 Å². The molecule has 2 aliphatic heterocycles. The summed E-state index contributed by atoms with van der Waals surface area (Å²) >= 11 is 0. The van der Waals surface area contributed by atoms with Gasteiger partial charge in [-0.2, -0.15) is 5.26 Å². The smallest absolute Gasteiger partial charge is 0.0977 e. The highest BCUT2D eigenvalue weighted by Gasteiger charge is 2.23. The molecule has 2 atom stereocenters. The Bertz CT molecular complexity index is 230. The molecule has 0 saturated carbocycles. The first-order valence-electron chi connectivity index (χ1n) is 6.15. The second kappa shape index (κ2) is 5.48. The van der Waals surface area contributed by atoms with E-state index in [1.807, 2.05) is 0 Å². The van der Waals surface area contributed by atoms with Crippen molar-refractivity contribution in [2.45, 2.75) is 50.7 Å². The molecule has 0 N–H and O–H groups in total. The maximum atomic E-state index is 9.03. The van der Waals surface area contributed by atoms with Crippen molar-refractivity contribution < 1.29 is 4.74 Å². The van der Waals surface area contributed by atoms with Gasteiger partial charge < -0.3 is 4.74 Å². The van der Waals surface area contributed by atoms with Crippen molar-refractivity contribution in [1.29, 1.82) is 5.26 Å². The van der Waals surface area contributed by atoms with Gasteiger partial charge in [-0.3, -0.25) is 4.90 Å². The Morgan fingerprint density at radius 1 is 1.27 bits per heavy atom. The minimum atomic E-state index is 0.167. The molecular weight excluding hydrogens is 188 g/mol. The number of nitrogens with zero attached hydrogens (tertiary/aromatic N) is 2. The molecule has 0 spiro atoms. The van der Waals surface area contributed by atoms with Crippen LogP contribution < -0.4 is 0 Å². The lowest BCUT2D eigenvalue weighted by atomic mass is 10.0. The van der Waals surface area contributed by atoms with Crippen LogP contribution in [-0.4, -0.2) is 36.7 Å². The fourth-order valence-corrected chi connectivity index (χ4v) is 2.59. The van der Waals surface area contributed by atoms with E-state index in [0.29, 0.717) is 6.10 Å². The van der Waals surface area contributed by atoms with Crippen molar-refractivity contribution in [2.24, 2.45) is 0 Å². The van der Waals surface area contributed by atoms with Crippen molar-refractivity contribution in [2.75, 3.05) is 19.7 Å². The summed E-state index contributed by atoms with van der Waals surface area (Å²) in [5.74, 6) is 0. The molecule has 84 valence electrons. The monoisotopic (exact) mass is 208 g/mol. The summed E-state index contributed by atoms with van der Waals surface area (Å²) in [4.78, 5) is 2.34. The van der Waals surface area contributed by atoms with Crippen molar-refractivity contribution in [1.82, 2.24) is 4.90 Å². The van der Waals surface area contributed by atoms with E-state index in [1.54, 1.807) is 0 Å². The van der Waals surface area contributed by atoms with E-state index in [-0.39, 0.29) is 6.04 Å². The second-order valence-corrected chi connectivity index (χ2v) is 4.60. The Hall–Kier alpha value is -0.590. The van der Waals surface area contributed by atoms with E-state index >= 15 is 0 Å². The molecular formula is C12H20N2O. The molecule has 2 fully saturated rings. The van der Waals surface area contributed by atoms with Crippen LogP contribution in [0.5, 0.6) is 0 Å². The molecule has 0 bridgehead atoms. The first-order valence-corrected chi connectivity index (χ1v) is 6.15. The first-order chi connectivity index (χ1) is 7.40. The summed E-state index contributed by atoms with van der Waals surface area (Å²) in [5, 5.41) is 9.03. The van der Waals surface area contributed by atoms with E-state index in [2.05, 4.69) is 11.0 Å². The molecule has 0 aromatic carbocycles. The lowest BCUT2D eigenvalue weighted by molar-refractivity contribution is 0.0830. The molecule has 0 aliphatic carbocycles. The zero-order valence-electron chi connectivity index (χ0n) is 9.32. The third-order valence-electron chi connectivity index (χ3n) is 3.52. The Labute approximate surface area is 92.0 Å². The number of likely N-dealkylation sites (tertiary alicyclic amines) is 1. The zero-order valence-corrected chi connectivity index (χ0v) is 9.32. The highest BCUT2D eigenvalue weighted by molar-refractivity contribution is 4.94. The van der Waals surface area contributed by atoms with Crippen LogP contribution in [0.4, 0.5) is 0 Å². The third kappa shape index (κ3) is 2.93. The van der Waals surface area contributed by atoms with Crippen molar-refractivity contribution in [3.63, 3.8) is 0 Å². The molecule has 15 heavy (non-hydrogen) atoms. The summed E-state index contributed by atoms with van der Waals surface area (Å²) in [6, 6.07) is 2.58.